The summed E-state index contributed by atoms with van der Waals surface area (Å²) in [5.41, 5.74) is -1.39. The Morgan fingerprint density at radius 1 is 1.22 bits per heavy atom. The molecule has 32 heavy (non-hydrogen) atoms. The third kappa shape index (κ3) is 4.31. The Hall–Kier alpha value is -1.94. The molecule has 4 rings (SSSR count). The van der Waals surface area contributed by atoms with Crippen molar-refractivity contribution in [2.24, 2.45) is 5.16 Å². The van der Waals surface area contributed by atoms with E-state index >= 15 is 0 Å². The summed E-state index contributed by atoms with van der Waals surface area (Å²) in [4.78, 5) is 17.5. The van der Waals surface area contributed by atoms with E-state index in [0.717, 1.165) is 0 Å². The molecule has 2 aromatic carbocycles. The highest BCUT2D eigenvalue weighted by Gasteiger charge is 2.62. The standard InChI is InChI=1S/C21H18Cl2F3N3O2S/c1-11-4-12(2-3-17(11)19(30)28-16-9-32(27)10-16)18-8-20(31-29-18,21(24,25)26)13-5-14(22)7-15(23)6-13/h2-7,16,27H,8-10H2,1H3,(H,28,30). The largest absolute Gasteiger partial charge is 0.444 e. The molecule has 2 aliphatic rings. The lowest BCUT2D eigenvalue weighted by molar-refractivity contribution is -0.275. The number of nitrogens with zero attached hydrogens (tertiary/aromatic N) is 1. The molecule has 11 heteroatoms. The molecular formula is C21H18Cl2F3N3O2S. The normalized spacial score (nSPS) is 25.0. The Balaban J connectivity index is 1.58. The van der Waals surface area contributed by atoms with Crippen LogP contribution in [0.4, 0.5) is 13.2 Å². The zero-order chi connectivity index (χ0) is 23.3. The summed E-state index contributed by atoms with van der Waals surface area (Å²) in [5, 5.41) is 14.3. The minimum atomic E-state index is -4.78. The van der Waals surface area contributed by atoms with Gasteiger partial charge in [-0.25, -0.2) is 0 Å². The van der Waals surface area contributed by atoms with Crippen LogP contribution in [0.15, 0.2) is 41.6 Å². The molecule has 170 valence electrons. The summed E-state index contributed by atoms with van der Waals surface area (Å²) in [6.07, 6.45) is -5.34. The topological polar surface area (TPSA) is 74.5 Å². The summed E-state index contributed by atoms with van der Waals surface area (Å²) in [7, 11) is 0. The highest BCUT2D eigenvalue weighted by molar-refractivity contribution is 7.99. The lowest BCUT2D eigenvalue weighted by atomic mass is 9.86. The first-order valence-corrected chi connectivity index (χ1v) is 11.9. The molecule has 1 saturated heterocycles. The molecule has 0 spiro atoms. The first kappa shape index (κ1) is 23.2. The summed E-state index contributed by atoms with van der Waals surface area (Å²) < 4.78 is 42.4. The summed E-state index contributed by atoms with van der Waals surface area (Å²) in [6.45, 7) is 1.71. The first-order chi connectivity index (χ1) is 15.0. The Labute approximate surface area is 195 Å². The molecule has 1 fully saturated rings. The Kier molecular flexibility index (Phi) is 6.13. The van der Waals surface area contributed by atoms with Crippen LogP contribution in [0, 0.1) is 6.92 Å². The summed E-state index contributed by atoms with van der Waals surface area (Å²) in [6, 6.07) is 8.40. The molecule has 1 amide bonds. The highest BCUT2D eigenvalue weighted by Crippen LogP contribution is 2.49. The molecule has 0 bridgehead atoms. The smallest absolute Gasteiger partial charge is 0.435 e. The number of carbonyl (C=O) groups is 1. The van der Waals surface area contributed by atoms with Gasteiger partial charge in [0, 0.05) is 27.6 Å². The van der Waals surface area contributed by atoms with Gasteiger partial charge in [0.05, 0.1) is 5.71 Å². The van der Waals surface area contributed by atoms with E-state index < -0.39 is 29.3 Å². The fraction of sp³-hybridized carbons (Fsp3) is 0.333. The van der Waals surface area contributed by atoms with Gasteiger partial charge in [-0.3, -0.25) is 4.79 Å². The molecule has 0 aromatic heterocycles. The molecular weight excluding hydrogens is 486 g/mol. The van der Waals surface area contributed by atoms with E-state index in [-0.39, 0.29) is 33.3 Å². The maximum atomic E-state index is 14.1. The van der Waals surface area contributed by atoms with Crippen molar-refractivity contribution in [1.29, 1.82) is 0 Å². The zero-order valence-corrected chi connectivity index (χ0v) is 19.1. The van der Waals surface area contributed by atoms with Crippen molar-refractivity contribution in [3.05, 3.63) is 73.8 Å². The molecule has 0 saturated carbocycles. The second-order valence-electron chi connectivity index (χ2n) is 7.82. The predicted octanol–water partition coefficient (Wildman–Crippen LogP) is 5.58. The summed E-state index contributed by atoms with van der Waals surface area (Å²) in [5.74, 6) is 1.02. The minimum absolute atomic E-state index is 0.00746. The van der Waals surface area contributed by atoms with Crippen LogP contribution < -0.4 is 5.32 Å². The number of hydrogen-bond donors (Lipinski definition) is 1. The average molecular weight is 504 g/mol. The van der Waals surface area contributed by atoms with Crippen LogP contribution in [-0.4, -0.2) is 35.3 Å². The van der Waals surface area contributed by atoms with Crippen molar-refractivity contribution in [3.8, 4) is 0 Å². The molecule has 2 heterocycles. The number of rotatable bonds is 4. The van der Waals surface area contributed by atoms with Crippen molar-refractivity contribution in [3.63, 3.8) is 0 Å². The number of hydrogen-bond acceptors (Lipinski definition) is 3. The van der Waals surface area contributed by atoms with E-state index in [1.807, 2.05) is 0 Å². The maximum absolute atomic E-state index is 14.1. The third-order valence-corrected chi connectivity index (χ3v) is 7.50. The number of nitrogens with one attached hydrogen (secondary N) is 2. The van der Waals surface area contributed by atoms with Crippen molar-refractivity contribution in [2.45, 2.75) is 31.2 Å². The number of amides is 1. The maximum Gasteiger partial charge on any atom is 0.435 e. The van der Waals surface area contributed by atoms with E-state index in [1.165, 1.54) is 18.2 Å². The second-order valence-corrected chi connectivity index (χ2v) is 10.3. The van der Waals surface area contributed by atoms with Gasteiger partial charge in [-0.05, 0) is 48.4 Å². The van der Waals surface area contributed by atoms with E-state index in [4.69, 9.17) is 33.2 Å². The van der Waals surface area contributed by atoms with Gasteiger partial charge >= 0.3 is 6.18 Å². The SMILES string of the molecule is Cc1cc(C2=NOC(c3cc(Cl)cc(Cl)c3)(C(F)(F)F)C2)ccc1C(=O)NC1C[S+]([NH-])C1. The molecule has 1 atom stereocenters. The van der Waals surface area contributed by atoms with Gasteiger partial charge in [0.15, 0.2) is 0 Å². The molecule has 2 aliphatic heterocycles. The molecule has 1 unspecified atom stereocenters. The van der Waals surface area contributed by atoms with Crippen LogP contribution in [0.5, 0.6) is 0 Å². The molecule has 2 aromatic rings. The average Bonchev–Trinajstić information content (AvgIpc) is 3.12. The number of oxime groups is 1. The number of carbonyl (C=O) groups excluding carboxylic acids is 1. The quantitative estimate of drug-likeness (QED) is 0.552. The molecule has 0 aliphatic carbocycles. The monoisotopic (exact) mass is 503 g/mol. The van der Waals surface area contributed by atoms with Crippen molar-refractivity contribution in [2.75, 3.05) is 11.5 Å². The Morgan fingerprint density at radius 2 is 1.88 bits per heavy atom. The number of aryl methyl sites for hydroxylation is 1. The van der Waals surface area contributed by atoms with Crippen LogP contribution in [-0.2, 0) is 21.5 Å². The highest BCUT2D eigenvalue weighted by atomic mass is 35.5. The van der Waals surface area contributed by atoms with Crippen molar-refractivity contribution in [1.82, 2.24) is 5.32 Å². The van der Waals surface area contributed by atoms with Crippen LogP contribution in [0.2, 0.25) is 10.0 Å². The van der Waals surface area contributed by atoms with Gasteiger partial charge in [0.2, 0.25) is 0 Å². The predicted molar refractivity (Wildman–Crippen MR) is 120 cm³/mol. The molecule has 2 N–H and O–H groups in total. The van der Waals surface area contributed by atoms with Gasteiger partial charge < -0.3 is 15.3 Å². The van der Waals surface area contributed by atoms with Gasteiger partial charge in [0.25, 0.3) is 11.5 Å². The zero-order valence-electron chi connectivity index (χ0n) is 16.7. The third-order valence-electron chi connectivity index (χ3n) is 5.46. The minimum Gasteiger partial charge on any atom is -0.444 e. The van der Waals surface area contributed by atoms with Crippen molar-refractivity contribution >= 4 is 45.9 Å². The van der Waals surface area contributed by atoms with Crippen molar-refractivity contribution < 1.29 is 22.8 Å². The Morgan fingerprint density at radius 3 is 2.44 bits per heavy atom. The van der Waals surface area contributed by atoms with E-state index in [2.05, 4.69) is 10.5 Å². The first-order valence-electron chi connectivity index (χ1n) is 9.57. The van der Waals surface area contributed by atoms with Gasteiger partial charge in [-0.15, -0.1) is 0 Å². The van der Waals surface area contributed by atoms with Crippen LogP contribution in [0.25, 0.3) is 5.14 Å². The van der Waals surface area contributed by atoms with Crippen LogP contribution in [0.3, 0.4) is 0 Å². The molecule has 5 nitrogen and oxygen atoms in total. The lowest BCUT2D eigenvalue weighted by Gasteiger charge is -2.29. The number of benzene rings is 2. The fourth-order valence-corrected chi connectivity index (χ4v) is 5.29. The second kappa shape index (κ2) is 8.44. The van der Waals surface area contributed by atoms with E-state index in [9.17, 15) is 18.0 Å². The van der Waals surface area contributed by atoms with E-state index in [0.29, 0.717) is 28.2 Å². The number of halogens is 5. The lowest BCUT2D eigenvalue weighted by Crippen LogP contribution is -2.51. The van der Waals surface area contributed by atoms with Gasteiger partial charge in [-0.1, -0.05) is 45.5 Å². The molecule has 0 radical (unpaired) electrons. The fourth-order valence-electron chi connectivity index (χ4n) is 3.73. The Bertz CT molecular complexity index is 1090. The van der Waals surface area contributed by atoms with Gasteiger partial charge in [0.1, 0.15) is 17.5 Å². The van der Waals surface area contributed by atoms with E-state index in [1.54, 1.807) is 25.1 Å². The number of alkyl halides is 3. The van der Waals surface area contributed by atoms with Gasteiger partial charge in [-0.2, -0.15) is 13.2 Å². The van der Waals surface area contributed by atoms with Crippen LogP contribution >= 0.6 is 23.2 Å². The van der Waals surface area contributed by atoms with Crippen LogP contribution in [0.1, 0.15) is 33.5 Å². The summed E-state index contributed by atoms with van der Waals surface area (Å²) >= 11 is 11.5.